The minimum absolute atomic E-state index is 0.0440. The van der Waals surface area contributed by atoms with E-state index in [-0.39, 0.29) is 18.9 Å². The number of hydrogen-bond donors (Lipinski definition) is 4. The number of benzene rings is 2. The van der Waals surface area contributed by atoms with E-state index in [0.29, 0.717) is 54.4 Å². The first-order valence-corrected chi connectivity index (χ1v) is 16.2. The molecule has 2 saturated heterocycles. The van der Waals surface area contributed by atoms with Gasteiger partial charge in [0.1, 0.15) is 11.6 Å². The number of nitrogens with zero attached hydrogens (tertiary/aromatic N) is 3. The summed E-state index contributed by atoms with van der Waals surface area (Å²) in [6.07, 6.45) is 2.16. The Hall–Kier alpha value is -3.59. The maximum absolute atomic E-state index is 13.9. The number of rotatable bonds is 8. The molecule has 11 nitrogen and oxygen atoms in total. The third-order valence-electron chi connectivity index (χ3n) is 8.48. The van der Waals surface area contributed by atoms with Crippen molar-refractivity contribution in [3.63, 3.8) is 0 Å². The lowest BCUT2D eigenvalue weighted by Gasteiger charge is -2.36. The minimum Gasteiger partial charge on any atom is -0.383 e. The number of fused-ring (bicyclic) bond motifs is 1. The van der Waals surface area contributed by atoms with Crippen LogP contribution in [0.1, 0.15) is 48.3 Å². The Labute approximate surface area is 255 Å². The molecule has 4 heterocycles. The molecule has 44 heavy (non-hydrogen) atoms. The number of nitrogens with one attached hydrogen (secondary N) is 4. The number of aromatic amines is 1. The van der Waals surface area contributed by atoms with Crippen LogP contribution in [0.15, 0.2) is 41.3 Å². The molecule has 0 saturated carbocycles. The summed E-state index contributed by atoms with van der Waals surface area (Å²) in [5.41, 5.74) is 2.53. The van der Waals surface area contributed by atoms with E-state index >= 15 is 0 Å². The molecule has 0 radical (unpaired) electrons. The summed E-state index contributed by atoms with van der Waals surface area (Å²) in [7, 11) is -4.26. The quantitative estimate of drug-likeness (QED) is 0.298. The molecule has 14 heteroatoms. The van der Waals surface area contributed by atoms with Gasteiger partial charge in [-0.25, -0.2) is 17.2 Å². The van der Waals surface area contributed by atoms with Crippen molar-refractivity contribution in [2.45, 2.75) is 49.6 Å². The average Bonchev–Trinajstić information content (AvgIpc) is 3.66. The molecule has 3 aliphatic rings. The Kier molecular flexibility index (Phi) is 8.35. The fourth-order valence-electron chi connectivity index (χ4n) is 6.16. The maximum Gasteiger partial charge on any atom is 0.258 e. The summed E-state index contributed by atoms with van der Waals surface area (Å²) < 4.78 is 61.5. The largest absolute Gasteiger partial charge is 0.383 e. The van der Waals surface area contributed by atoms with Gasteiger partial charge in [-0.05, 0) is 49.7 Å². The first-order valence-electron chi connectivity index (χ1n) is 14.8. The third-order valence-corrected chi connectivity index (χ3v) is 10.3. The summed E-state index contributed by atoms with van der Waals surface area (Å²) in [5.74, 6) is -2.17. The van der Waals surface area contributed by atoms with Crippen LogP contribution in [0.2, 0.25) is 0 Å². The van der Waals surface area contributed by atoms with Gasteiger partial charge in [0.05, 0.1) is 23.7 Å². The van der Waals surface area contributed by atoms with Crippen LogP contribution in [0.5, 0.6) is 0 Å². The van der Waals surface area contributed by atoms with Gasteiger partial charge in [-0.2, -0.15) is 9.40 Å². The number of ether oxygens (including phenoxy) is 1. The maximum atomic E-state index is 13.9. The zero-order valence-electron chi connectivity index (χ0n) is 24.8. The van der Waals surface area contributed by atoms with Gasteiger partial charge in [-0.3, -0.25) is 9.89 Å². The number of H-pyrrole nitrogens is 1. The van der Waals surface area contributed by atoms with Crippen LogP contribution in [-0.4, -0.2) is 80.8 Å². The lowest BCUT2D eigenvalue weighted by molar-refractivity contribution is 0.102. The van der Waals surface area contributed by atoms with Crippen molar-refractivity contribution >= 4 is 33.1 Å². The summed E-state index contributed by atoms with van der Waals surface area (Å²) in [6.45, 7) is 8.00. The van der Waals surface area contributed by atoms with E-state index in [9.17, 15) is 22.0 Å². The SMILES string of the molecule is CC1(C)CN(S(=O)(=O)c2cc(F)cc(F)c2)Cc2c(NC(=O)c3ccc(N4CCOCC4)cc3NC[C@@H]3CCCN3)n[nH]c21. The topological polar surface area (TPSA) is 132 Å². The molecule has 2 fully saturated rings. The van der Waals surface area contributed by atoms with Crippen LogP contribution in [-0.2, 0) is 26.7 Å². The number of morpholine rings is 1. The number of hydrogen-bond acceptors (Lipinski definition) is 8. The average molecular weight is 630 g/mol. The number of halogens is 2. The summed E-state index contributed by atoms with van der Waals surface area (Å²) in [4.78, 5) is 15.5. The van der Waals surface area contributed by atoms with Gasteiger partial charge < -0.3 is 25.6 Å². The van der Waals surface area contributed by atoms with Crippen LogP contribution < -0.4 is 20.9 Å². The number of carbonyl (C=O) groups excluding carboxylic acids is 1. The van der Waals surface area contributed by atoms with Gasteiger partial charge in [0.25, 0.3) is 5.91 Å². The van der Waals surface area contributed by atoms with Crippen molar-refractivity contribution in [3.8, 4) is 0 Å². The molecule has 0 unspecified atom stereocenters. The highest BCUT2D eigenvalue weighted by molar-refractivity contribution is 7.89. The van der Waals surface area contributed by atoms with Crippen LogP contribution in [0.25, 0.3) is 0 Å². The van der Waals surface area contributed by atoms with E-state index in [4.69, 9.17) is 4.74 Å². The molecule has 0 aliphatic carbocycles. The standard InChI is InChI=1S/C30H37F2N7O4S/c1-30(2)18-39(44(41,42)23-13-19(31)12-20(32)14-23)17-25-27(30)36-37-28(25)35-29(40)24-6-5-22(38-8-10-43-11-9-38)15-26(24)34-16-21-4-3-7-33-21/h5-6,12-15,21,33-34H,3-4,7-11,16-18H2,1-2H3,(H2,35,36,37,40)/t21-/m0/s1. The van der Waals surface area contributed by atoms with Crippen LogP contribution in [0.4, 0.5) is 26.0 Å². The monoisotopic (exact) mass is 629 g/mol. The summed E-state index contributed by atoms with van der Waals surface area (Å²) >= 11 is 0. The van der Waals surface area contributed by atoms with Crippen molar-refractivity contribution in [3.05, 3.63) is 64.9 Å². The molecule has 2 aromatic carbocycles. The van der Waals surface area contributed by atoms with E-state index in [2.05, 4.69) is 31.0 Å². The van der Waals surface area contributed by atoms with E-state index in [1.54, 1.807) is 6.07 Å². The van der Waals surface area contributed by atoms with E-state index in [0.717, 1.165) is 54.6 Å². The number of amides is 1. The zero-order chi connectivity index (χ0) is 31.1. The Balaban J connectivity index is 1.27. The lowest BCUT2D eigenvalue weighted by atomic mass is 9.84. The Bertz CT molecular complexity index is 1630. The minimum atomic E-state index is -4.26. The van der Waals surface area contributed by atoms with Crippen molar-refractivity contribution in [2.24, 2.45) is 0 Å². The van der Waals surface area contributed by atoms with Gasteiger partial charge in [0.2, 0.25) is 10.0 Å². The number of anilines is 3. The predicted octanol–water partition coefficient (Wildman–Crippen LogP) is 3.42. The lowest BCUT2D eigenvalue weighted by Crippen LogP contribution is -2.45. The molecule has 0 spiro atoms. The second-order valence-electron chi connectivity index (χ2n) is 12.1. The molecule has 6 rings (SSSR count). The van der Waals surface area contributed by atoms with Crippen molar-refractivity contribution in [1.82, 2.24) is 19.8 Å². The fourth-order valence-corrected chi connectivity index (χ4v) is 7.78. The normalized spacial score (nSPS) is 20.4. The number of aromatic nitrogens is 2. The molecule has 3 aliphatic heterocycles. The molecule has 236 valence electrons. The van der Waals surface area contributed by atoms with Crippen LogP contribution in [0.3, 0.4) is 0 Å². The van der Waals surface area contributed by atoms with Crippen molar-refractivity contribution < 1.29 is 26.7 Å². The zero-order valence-corrected chi connectivity index (χ0v) is 25.6. The molecular formula is C30H37F2N7O4S. The predicted molar refractivity (Wildman–Crippen MR) is 163 cm³/mol. The summed E-state index contributed by atoms with van der Waals surface area (Å²) in [6, 6.07) is 8.20. The van der Waals surface area contributed by atoms with Crippen LogP contribution in [0, 0.1) is 11.6 Å². The van der Waals surface area contributed by atoms with Crippen molar-refractivity contribution in [2.75, 3.05) is 61.5 Å². The molecule has 1 aromatic heterocycles. The molecule has 4 N–H and O–H groups in total. The van der Waals surface area contributed by atoms with Crippen molar-refractivity contribution in [1.29, 1.82) is 0 Å². The smallest absolute Gasteiger partial charge is 0.258 e. The second kappa shape index (κ2) is 12.1. The fraction of sp³-hybridized carbons (Fsp3) is 0.467. The Morgan fingerprint density at radius 2 is 1.89 bits per heavy atom. The Morgan fingerprint density at radius 3 is 2.59 bits per heavy atom. The van der Waals surface area contributed by atoms with Crippen LogP contribution >= 0.6 is 0 Å². The van der Waals surface area contributed by atoms with Gasteiger partial charge >= 0.3 is 0 Å². The molecule has 1 atom stereocenters. The van der Waals surface area contributed by atoms with Gasteiger partial charge in [0, 0.05) is 72.9 Å². The molecule has 3 aromatic rings. The van der Waals surface area contributed by atoms with E-state index < -0.39 is 37.9 Å². The van der Waals surface area contributed by atoms with E-state index in [1.807, 2.05) is 26.0 Å². The van der Waals surface area contributed by atoms with Gasteiger partial charge in [0.15, 0.2) is 5.82 Å². The Morgan fingerprint density at radius 1 is 1.14 bits per heavy atom. The number of carbonyl (C=O) groups is 1. The summed E-state index contributed by atoms with van der Waals surface area (Å²) in [5, 5.41) is 17.2. The highest BCUT2D eigenvalue weighted by Gasteiger charge is 2.41. The third kappa shape index (κ3) is 6.16. The van der Waals surface area contributed by atoms with Gasteiger partial charge in [-0.1, -0.05) is 13.8 Å². The highest BCUT2D eigenvalue weighted by Crippen LogP contribution is 2.38. The molecular weight excluding hydrogens is 592 g/mol. The molecule has 1 amide bonds. The first-order chi connectivity index (χ1) is 21.0. The first kappa shape index (κ1) is 30.4. The van der Waals surface area contributed by atoms with Gasteiger partial charge in [-0.15, -0.1) is 0 Å². The molecule has 0 bridgehead atoms. The number of sulfonamides is 1. The highest BCUT2D eigenvalue weighted by atomic mass is 32.2. The second-order valence-corrected chi connectivity index (χ2v) is 14.1. The van der Waals surface area contributed by atoms with E-state index in [1.165, 1.54) is 0 Å².